The molecule has 1 aromatic rings. The second-order valence-electron chi connectivity index (χ2n) is 6.33. The number of hydrogen-bond donors (Lipinski definition) is 3. The first-order valence-corrected chi connectivity index (χ1v) is 7.10. The molecule has 0 saturated carbocycles. The molecule has 1 rings (SSSR count). The van der Waals surface area contributed by atoms with Crippen molar-refractivity contribution in [3.63, 3.8) is 0 Å². The molecule has 0 spiro atoms. The van der Waals surface area contributed by atoms with Crippen molar-refractivity contribution in [2.75, 3.05) is 13.2 Å². The number of rotatable bonds is 8. The van der Waals surface area contributed by atoms with E-state index in [-0.39, 0.29) is 25.6 Å². The maximum Gasteiger partial charge on any atom is 0.128 e. The Balaban J connectivity index is 2.32. The number of nitrogens with one attached hydrogen (secondary N) is 1. The Kier molecular flexibility index (Phi) is 6.28. The molecule has 0 aliphatic rings. The van der Waals surface area contributed by atoms with Gasteiger partial charge in [0.1, 0.15) is 5.82 Å². The minimum atomic E-state index is -0.916. The molecule has 0 bridgehead atoms. The van der Waals surface area contributed by atoms with Crippen LogP contribution in [0.25, 0.3) is 0 Å². The maximum atomic E-state index is 13.4. The molecule has 5 heteroatoms. The third kappa shape index (κ3) is 5.71. The van der Waals surface area contributed by atoms with Crippen LogP contribution in [0.2, 0.25) is 0 Å². The Hall–Kier alpha value is -1.01. The second kappa shape index (κ2) is 7.31. The second-order valence-corrected chi connectivity index (χ2v) is 6.33. The van der Waals surface area contributed by atoms with E-state index in [0.717, 1.165) is 0 Å². The van der Waals surface area contributed by atoms with Gasteiger partial charge in [0, 0.05) is 17.6 Å². The Labute approximate surface area is 125 Å². The highest BCUT2D eigenvalue weighted by molar-refractivity contribution is 5.16. The van der Waals surface area contributed by atoms with Gasteiger partial charge >= 0.3 is 0 Å². The first kappa shape index (κ1) is 18.0. The monoisotopic (exact) mass is 299 g/mol. The van der Waals surface area contributed by atoms with Gasteiger partial charge in [0.2, 0.25) is 0 Å². The molecule has 1 unspecified atom stereocenters. The van der Waals surface area contributed by atoms with Crippen LogP contribution in [0.3, 0.4) is 0 Å². The Morgan fingerprint density at radius 1 is 1.24 bits per heavy atom. The van der Waals surface area contributed by atoms with Gasteiger partial charge in [-0.1, -0.05) is 18.2 Å². The largest absolute Gasteiger partial charge is 0.389 e. The highest BCUT2D eigenvalue weighted by Gasteiger charge is 2.34. The van der Waals surface area contributed by atoms with E-state index in [1.165, 1.54) is 6.07 Å². The minimum absolute atomic E-state index is 0.100. The normalized spacial score (nSPS) is 14.2. The minimum Gasteiger partial charge on any atom is -0.389 e. The average molecular weight is 299 g/mol. The van der Waals surface area contributed by atoms with Gasteiger partial charge in [0.05, 0.1) is 24.9 Å². The van der Waals surface area contributed by atoms with Crippen LogP contribution >= 0.6 is 0 Å². The van der Waals surface area contributed by atoms with Crippen molar-refractivity contribution >= 4 is 0 Å². The summed E-state index contributed by atoms with van der Waals surface area (Å²) < 4.78 is 18.7. The summed E-state index contributed by atoms with van der Waals surface area (Å²) in [5.41, 5.74) is -0.991. The summed E-state index contributed by atoms with van der Waals surface area (Å²) in [6, 6.07) is 6.39. The fourth-order valence-electron chi connectivity index (χ4n) is 1.57. The zero-order chi connectivity index (χ0) is 16.1. The molecule has 4 nitrogen and oxygen atoms in total. The first-order valence-electron chi connectivity index (χ1n) is 7.10. The molecule has 0 amide bonds. The third-order valence-electron chi connectivity index (χ3n) is 3.83. The SMILES string of the molecule is CC(C)(O)C(C)(C)NCC(O)COCc1ccccc1F. The maximum absolute atomic E-state index is 13.4. The summed E-state index contributed by atoms with van der Waals surface area (Å²) in [6.45, 7) is 7.65. The lowest BCUT2D eigenvalue weighted by atomic mass is 9.86. The summed E-state index contributed by atoms with van der Waals surface area (Å²) in [5, 5.41) is 23.0. The molecule has 0 aliphatic carbocycles. The van der Waals surface area contributed by atoms with Gasteiger partial charge < -0.3 is 20.3 Å². The van der Waals surface area contributed by atoms with Crippen LogP contribution in [0.4, 0.5) is 4.39 Å². The highest BCUT2D eigenvalue weighted by atomic mass is 19.1. The van der Waals surface area contributed by atoms with Crippen LogP contribution in [-0.2, 0) is 11.3 Å². The summed E-state index contributed by atoms with van der Waals surface area (Å²) >= 11 is 0. The van der Waals surface area contributed by atoms with Gasteiger partial charge in [-0.3, -0.25) is 0 Å². The molecular formula is C16H26FNO3. The van der Waals surface area contributed by atoms with Crippen molar-refractivity contribution in [1.82, 2.24) is 5.32 Å². The number of aliphatic hydroxyl groups excluding tert-OH is 1. The smallest absolute Gasteiger partial charge is 0.128 e. The lowest BCUT2D eigenvalue weighted by Gasteiger charge is -2.38. The fourth-order valence-corrected chi connectivity index (χ4v) is 1.57. The number of benzene rings is 1. The molecule has 0 heterocycles. The van der Waals surface area contributed by atoms with E-state index >= 15 is 0 Å². The third-order valence-corrected chi connectivity index (χ3v) is 3.83. The van der Waals surface area contributed by atoms with Crippen molar-refractivity contribution in [2.45, 2.75) is 51.5 Å². The summed E-state index contributed by atoms with van der Waals surface area (Å²) in [4.78, 5) is 0. The molecule has 120 valence electrons. The lowest BCUT2D eigenvalue weighted by Crippen LogP contribution is -2.57. The van der Waals surface area contributed by atoms with E-state index in [1.807, 2.05) is 13.8 Å². The lowest BCUT2D eigenvalue weighted by molar-refractivity contribution is -0.0192. The van der Waals surface area contributed by atoms with Gasteiger partial charge in [0.25, 0.3) is 0 Å². The van der Waals surface area contributed by atoms with Gasteiger partial charge in [-0.15, -0.1) is 0 Å². The molecular weight excluding hydrogens is 273 g/mol. The quantitative estimate of drug-likeness (QED) is 0.685. The summed E-state index contributed by atoms with van der Waals surface area (Å²) in [6.07, 6.45) is -0.724. The Bertz CT molecular complexity index is 443. The van der Waals surface area contributed by atoms with Crippen LogP contribution in [-0.4, -0.2) is 40.6 Å². The van der Waals surface area contributed by atoms with Gasteiger partial charge in [0.15, 0.2) is 0 Å². The predicted molar refractivity (Wildman–Crippen MR) is 80.4 cm³/mol. The fraction of sp³-hybridized carbons (Fsp3) is 0.625. The van der Waals surface area contributed by atoms with Crippen LogP contribution in [0, 0.1) is 5.82 Å². The number of halogens is 1. The molecule has 0 aliphatic heterocycles. The molecule has 0 saturated heterocycles. The number of ether oxygens (including phenoxy) is 1. The van der Waals surface area contributed by atoms with Crippen LogP contribution in [0.1, 0.15) is 33.3 Å². The average Bonchev–Trinajstić information content (AvgIpc) is 2.37. The number of hydrogen-bond acceptors (Lipinski definition) is 4. The molecule has 0 radical (unpaired) electrons. The molecule has 1 atom stereocenters. The van der Waals surface area contributed by atoms with Crippen LogP contribution < -0.4 is 5.32 Å². The van der Waals surface area contributed by atoms with Gasteiger partial charge in [-0.05, 0) is 33.8 Å². The van der Waals surface area contributed by atoms with E-state index in [4.69, 9.17) is 4.74 Å². The summed E-state index contributed by atoms with van der Waals surface area (Å²) in [5.74, 6) is -0.312. The molecule has 3 N–H and O–H groups in total. The molecule has 21 heavy (non-hydrogen) atoms. The van der Waals surface area contributed by atoms with Crippen molar-refractivity contribution in [3.8, 4) is 0 Å². The van der Waals surface area contributed by atoms with Crippen molar-refractivity contribution in [3.05, 3.63) is 35.6 Å². The summed E-state index contributed by atoms with van der Waals surface area (Å²) in [7, 11) is 0. The predicted octanol–water partition coefficient (Wildman–Crippen LogP) is 1.84. The van der Waals surface area contributed by atoms with E-state index in [2.05, 4.69) is 5.32 Å². The zero-order valence-electron chi connectivity index (χ0n) is 13.2. The zero-order valence-corrected chi connectivity index (χ0v) is 13.2. The first-order chi connectivity index (χ1) is 9.63. The van der Waals surface area contributed by atoms with Crippen molar-refractivity contribution < 1.29 is 19.3 Å². The highest BCUT2D eigenvalue weighted by Crippen LogP contribution is 2.20. The molecule has 0 aromatic heterocycles. The standard InChI is InChI=1S/C16H26FNO3/c1-15(2,16(3,4)20)18-9-13(19)11-21-10-12-7-5-6-8-14(12)17/h5-8,13,18-20H,9-11H2,1-4H3. The van der Waals surface area contributed by atoms with Gasteiger partial charge in [-0.25, -0.2) is 4.39 Å². The Morgan fingerprint density at radius 2 is 1.86 bits per heavy atom. The van der Waals surface area contributed by atoms with E-state index in [9.17, 15) is 14.6 Å². The molecule has 0 fully saturated rings. The van der Waals surface area contributed by atoms with E-state index < -0.39 is 17.2 Å². The van der Waals surface area contributed by atoms with Crippen molar-refractivity contribution in [1.29, 1.82) is 0 Å². The van der Waals surface area contributed by atoms with Gasteiger partial charge in [-0.2, -0.15) is 0 Å². The number of β-amino-alcohol motifs (C(OH)–C–C–N with tert-alkyl or cyclic N) is 1. The Morgan fingerprint density at radius 3 is 2.43 bits per heavy atom. The van der Waals surface area contributed by atoms with E-state index in [0.29, 0.717) is 5.56 Å². The molecule has 1 aromatic carbocycles. The van der Waals surface area contributed by atoms with Crippen molar-refractivity contribution in [2.24, 2.45) is 0 Å². The topological polar surface area (TPSA) is 61.7 Å². The number of aliphatic hydroxyl groups is 2. The van der Waals surface area contributed by atoms with Crippen LogP contribution in [0.5, 0.6) is 0 Å². The van der Waals surface area contributed by atoms with Crippen LogP contribution in [0.15, 0.2) is 24.3 Å². The van der Waals surface area contributed by atoms with E-state index in [1.54, 1.807) is 32.0 Å².